The maximum atomic E-state index is 11.1. The summed E-state index contributed by atoms with van der Waals surface area (Å²) in [7, 11) is 0. The first-order valence-corrected chi connectivity index (χ1v) is 9.08. The highest BCUT2D eigenvalue weighted by Gasteiger charge is 2.24. The van der Waals surface area contributed by atoms with Crippen molar-refractivity contribution in [2.24, 2.45) is 5.73 Å². The van der Waals surface area contributed by atoms with E-state index in [0.29, 0.717) is 42.6 Å². The Bertz CT molecular complexity index is 627. The van der Waals surface area contributed by atoms with Crippen LogP contribution in [0.15, 0.2) is 12.6 Å². The lowest BCUT2D eigenvalue weighted by Gasteiger charge is -2.23. The number of carbonyl (C=O) groups is 1. The molecule has 1 aromatic rings. The number of amides is 1. The molecule has 0 bridgehead atoms. The summed E-state index contributed by atoms with van der Waals surface area (Å²) in [5, 5.41) is 0. The van der Waals surface area contributed by atoms with Crippen LogP contribution < -0.4 is 15.2 Å². The van der Waals surface area contributed by atoms with Gasteiger partial charge in [0.1, 0.15) is 28.9 Å². The molecule has 0 saturated carbocycles. The highest BCUT2D eigenvalue weighted by atomic mass is 16.6. The predicted molar refractivity (Wildman–Crippen MR) is 102 cm³/mol. The number of benzene rings is 1. The van der Waals surface area contributed by atoms with E-state index in [2.05, 4.69) is 13.5 Å². The summed E-state index contributed by atoms with van der Waals surface area (Å²) in [5.74, 6) is 1.70. The minimum Gasteiger partial charge on any atom is -0.493 e. The Labute approximate surface area is 156 Å². The first-order valence-electron chi connectivity index (χ1n) is 9.08. The van der Waals surface area contributed by atoms with Crippen LogP contribution in [0.3, 0.4) is 0 Å². The average Bonchev–Trinajstić information content (AvgIpc) is 2.57. The molecule has 1 rings (SSSR count). The van der Waals surface area contributed by atoms with Crippen LogP contribution in [0.2, 0.25) is 0 Å². The molecule has 2 N–H and O–H groups in total. The van der Waals surface area contributed by atoms with Gasteiger partial charge in [-0.15, -0.1) is 0 Å². The van der Waals surface area contributed by atoms with Gasteiger partial charge in [-0.25, -0.2) is 4.79 Å². The maximum absolute atomic E-state index is 11.1. The fourth-order valence-electron chi connectivity index (χ4n) is 2.68. The second-order valence-corrected chi connectivity index (χ2v) is 5.86. The summed E-state index contributed by atoms with van der Waals surface area (Å²) in [6.07, 6.45) is 0.607. The molecule has 0 saturated heterocycles. The van der Waals surface area contributed by atoms with Gasteiger partial charge in [0.25, 0.3) is 0 Å². The number of rotatable bonds is 11. The van der Waals surface area contributed by atoms with E-state index in [-0.39, 0.29) is 0 Å². The van der Waals surface area contributed by atoms with Gasteiger partial charge in [-0.3, -0.25) is 0 Å². The summed E-state index contributed by atoms with van der Waals surface area (Å²) in [6, 6.07) is 1.83. The van der Waals surface area contributed by atoms with E-state index in [1.807, 2.05) is 26.8 Å². The Balaban J connectivity index is 3.43. The topological polar surface area (TPSA) is 80.0 Å². The lowest BCUT2D eigenvalue weighted by atomic mass is 9.97. The van der Waals surface area contributed by atoms with Crippen LogP contribution in [0, 0.1) is 6.92 Å². The molecule has 6 nitrogen and oxygen atoms in total. The lowest BCUT2D eigenvalue weighted by Crippen LogP contribution is -2.17. The zero-order valence-electron chi connectivity index (χ0n) is 16.5. The third-order valence-electron chi connectivity index (χ3n) is 3.91. The Hall–Kier alpha value is -2.37. The molecule has 1 amide bonds. The minimum absolute atomic E-state index is 0.467. The first kappa shape index (κ1) is 21.7. The monoisotopic (exact) mass is 365 g/mol. The lowest BCUT2D eigenvalue weighted by molar-refractivity contribution is 0.116. The van der Waals surface area contributed by atoms with Crippen molar-refractivity contribution in [1.29, 1.82) is 0 Å². The standard InChI is InChI=1S/C20H31NO5/c1-7-10-11-25-15(6)18-17(23-8-2)12-16(14(5)26-20(21)22)13(4)19(18)24-9-3/h12,14H,6-11H2,1-5H3,(H2,21,22)/t14-/m1/s1. The number of carbonyl (C=O) groups excluding carboxylic acids is 1. The highest BCUT2D eigenvalue weighted by Crippen LogP contribution is 2.42. The van der Waals surface area contributed by atoms with Crippen molar-refractivity contribution in [3.05, 3.63) is 29.3 Å². The van der Waals surface area contributed by atoms with E-state index in [9.17, 15) is 4.79 Å². The third-order valence-corrected chi connectivity index (χ3v) is 3.91. The smallest absolute Gasteiger partial charge is 0.405 e. The Morgan fingerprint density at radius 3 is 2.42 bits per heavy atom. The molecule has 0 aliphatic heterocycles. The van der Waals surface area contributed by atoms with Crippen molar-refractivity contribution in [2.45, 2.75) is 53.6 Å². The van der Waals surface area contributed by atoms with Crippen LogP contribution in [0.1, 0.15) is 63.3 Å². The zero-order chi connectivity index (χ0) is 19.7. The highest BCUT2D eigenvalue weighted by molar-refractivity contribution is 5.73. The quantitative estimate of drug-likeness (QED) is 0.453. The molecule has 1 atom stereocenters. The Morgan fingerprint density at radius 2 is 1.88 bits per heavy atom. The van der Waals surface area contributed by atoms with Gasteiger partial charge >= 0.3 is 6.09 Å². The number of hydrogen-bond donors (Lipinski definition) is 1. The fraction of sp³-hybridized carbons (Fsp3) is 0.550. The number of nitrogens with two attached hydrogens (primary N) is 1. The van der Waals surface area contributed by atoms with E-state index in [0.717, 1.165) is 24.0 Å². The maximum Gasteiger partial charge on any atom is 0.405 e. The normalized spacial score (nSPS) is 11.6. The molecule has 6 heteroatoms. The molecule has 0 aromatic heterocycles. The van der Waals surface area contributed by atoms with Gasteiger partial charge in [-0.2, -0.15) is 0 Å². The minimum atomic E-state index is -0.829. The molecule has 0 heterocycles. The number of hydrogen-bond acceptors (Lipinski definition) is 5. The van der Waals surface area contributed by atoms with E-state index >= 15 is 0 Å². The van der Waals surface area contributed by atoms with Crippen LogP contribution in [0.5, 0.6) is 11.5 Å². The molecule has 0 aliphatic carbocycles. The largest absolute Gasteiger partial charge is 0.493 e. The third kappa shape index (κ3) is 5.58. The van der Waals surface area contributed by atoms with Crippen LogP contribution in [0.25, 0.3) is 5.76 Å². The molecule has 26 heavy (non-hydrogen) atoms. The average molecular weight is 365 g/mol. The van der Waals surface area contributed by atoms with Crippen molar-refractivity contribution < 1.29 is 23.7 Å². The van der Waals surface area contributed by atoms with Crippen LogP contribution in [-0.2, 0) is 9.47 Å². The van der Waals surface area contributed by atoms with Crippen LogP contribution >= 0.6 is 0 Å². The van der Waals surface area contributed by atoms with Crippen molar-refractivity contribution in [3.63, 3.8) is 0 Å². The molecule has 0 aliphatic rings. The SMILES string of the molecule is C=C(OCCCC)c1c(OCC)cc([C@@H](C)OC(N)=O)c(C)c1OCC. The summed E-state index contributed by atoms with van der Waals surface area (Å²) in [4.78, 5) is 11.1. The van der Waals surface area contributed by atoms with Crippen LogP contribution in [-0.4, -0.2) is 25.9 Å². The fourth-order valence-corrected chi connectivity index (χ4v) is 2.68. The summed E-state index contributed by atoms with van der Waals surface area (Å²) >= 11 is 0. The molecule has 146 valence electrons. The summed E-state index contributed by atoms with van der Waals surface area (Å²) in [6.45, 7) is 15.1. The van der Waals surface area contributed by atoms with E-state index in [1.165, 1.54) is 0 Å². The van der Waals surface area contributed by atoms with E-state index < -0.39 is 12.2 Å². The van der Waals surface area contributed by atoms with Crippen molar-refractivity contribution in [2.75, 3.05) is 19.8 Å². The zero-order valence-corrected chi connectivity index (χ0v) is 16.5. The number of unbranched alkanes of at least 4 members (excludes halogenated alkanes) is 1. The number of primary amides is 1. The summed E-state index contributed by atoms with van der Waals surface area (Å²) in [5.41, 5.74) is 7.45. The Morgan fingerprint density at radius 1 is 1.23 bits per heavy atom. The van der Waals surface area contributed by atoms with Gasteiger partial charge in [0, 0.05) is 5.56 Å². The molecular formula is C20H31NO5. The van der Waals surface area contributed by atoms with Crippen LogP contribution in [0.4, 0.5) is 4.79 Å². The van der Waals surface area contributed by atoms with Crippen molar-refractivity contribution in [3.8, 4) is 11.5 Å². The van der Waals surface area contributed by atoms with Gasteiger partial charge in [-0.1, -0.05) is 19.9 Å². The first-order chi connectivity index (χ1) is 12.4. The Kier molecular flexibility index (Phi) is 8.82. The summed E-state index contributed by atoms with van der Waals surface area (Å²) < 4.78 is 22.6. The molecule has 0 unspecified atom stereocenters. The van der Waals surface area contributed by atoms with Crippen molar-refractivity contribution >= 4 is 11.9 Å². The molecule has 1 aromatic carbocycles. The molecular weight excluding hydrogens is 334 g/mol. The predicted octanol–water partition coefficient (Wildman–Crippen LogP) is 4.74. The van der Waals surface area contributed by atoms with Gasteiger partial charge < -0.3 is 24.7 Å². The van der Waals surface area contributed by atoms with Gasteiger partial charge in [-0.05, 0) is 45.7 Å². The number of ether oxygens (including phenoxy) is 4. The second kappa shape index (κ2) is 10.6. The van der Waals surface area contributed by atoms with E-state index in [4.69, 9.17) is 24.7 Å². The molecule has 0 spiro atoms. The van der Waals surface area contributed by atoms with Gasteiger partial charge in [0.15, 0.2) is 0 Å². The van der Waals surface area contributed by atoms with E-state index in [1.54, 1.807) is 6.92 Å². The molecule has 0 fully saturated rings. The van der Waals surface area contributed by atoms with Crippen molar-refractivity contribution in [1.82, 2.24) is 0 Å². The second-order valence-electron chi connectivity index (χ2n) is 5.86. The van der Waals surface area contributed by atoms with Gasteiger partial charge in [0.05, 0.1) is 19.8 Å². The van der Waals surface area contributed by atoms with Gasteiger partial charge in [0.2, 0.25) is 0 Å². The molecule has 0 radical (unpaired) electrons.